The van der Waals surface area contributed by atoms with Crippen molar-refractivity contribution in [1.29, 1.82) is 0 Å². The molecule has 3 N–H and O–H groups in total. The summed E-state index contributed by atoms with van der Waals surface area (Å²) < 4.78 is 5.51. The van der Waals surface area contributed by atoms with E-state index in [1.54, 1.807) is 6.20 Å². The van der Waals surface area contributed by atoms with E-state index in [4.69, 9.17) is 10.2 Å². The third-order valence-corrected chi connectivity index (χ3v) is 4.91. The van der Waals surface area contributed by atoms with E-state index in [1.807, 2.05) is 31.2 Å². The maximum atomic E-state index is 6.31. The van der Waals surface area contributed by atoms with Crippen molar-refractivity contribution in [2.45, 2.75) is 25.8 Å². The van der Waals surface area contributed by atoms with Gasteiger partial charge in [0.25, 0.3) is 0 Å². The number of oxazole rings is 1. The molecule has 0 atom stereocenters. The summed E-state index contributed by atoms with van der Waals surface area (Å²) in [5.74, 6) is 0.956. The van der Waals surface area contributed by atoms with Crippen molar-refractivity contribution in [3.05, 3.63) is 42.0 Å². The molecular formula is C19H23N7O. The van der Waals surface area contributed by atoms with Gasteiger partial charge in [0, 0.05) is 20.0 Å². The Kier molecular flexibility index (Phi) is 4.72. The molecule has 2 aromatic heterocycles. The molecule has 3 aromatic rings. The van der Waals surface area contributed by atoms with E-state index in [2.05, 4.69) is 37.4 Å². The van der Waals surface area contributed by atoms with Gasteiger partial charge in [-0.3, -0.25) is 0 Å². The first-order valence-electron chi connectivity index (χ1n) is 9.09. The first-order chi connectivity index (χ1) is 13.1. The molecule has 1 aliphatic heterocycles. The minimum Gasteiger partial charge on any atom is -0.441 e. The first-order valence-corrected chi connectivity index (χ1v) is 9.09. The van der Waals surface area contributed by atoms with Crippen molar-refractivity contribution in [2.75, 3.05) is 25.0 Å². The number of aryl methyl sites for hydroxylation is 1. The van der Waals surface area contributed by atoms with Crippen LogP contribution in [-0.4, -0.2) is 47.2 Å². The van der Waals surface area contributed by atoms with Crippen LogP contribution >= 0.6 is 0 Å². The standard InChI is InChI=1S/C19H23N7O/c1-12-23-15-11-13(3-4-17(15)27-12)24-19(20)18-16(7-10-22-25-18)26(2)14-5-8-21-9-6-14/h3-4,7,10-11,14,21H,5-6,8-9H2,1-2H3,(H2,20,24). The fourth-order valence-corrected chi connectivity index (χ4v) is 3.48. The Morgan fingerprint density at radius 2 is 2.11 bits per heavy atom. The summed E-state index contributed by atoms with van der Waals surface area (Å²) in [7, 11) is 2.08. The van der Waals surface area contributed by atoms with Crippen LogP contribution in [0.25, 0.3) is 11.1 Å². The van der Waals surface area contributed by atoms with Gasteiger partial charge in [-0.2, -0.15) is 5.10 Å². The molecule has 0 radical (unpaired) electrons. The van der Waals surface area contributed by atoms with Crippen molar-refractivity contribution in [3.8, 4) is 0 Å². The Labute approximate surface area is 157 Å². The van der Waals surface area contributed by atoms with Crippen molar-refractivity contribution < 1.29 is 4.42 Å². The number of nitrogens with two attached hydrogens (primary N) is 1. The van der Waals surface area contributed by atoms with E-state index >= 15 is 0 Å². The van der Waals surface area contributed by atoms with Gasteiger partial charge in [0.1, 0.15) is 5.52 Å². The van der Waals surface area contributed by atoms with Crippen LogP contribution in [0.5, 0.6) is 0 Å². The number of hydrogen-bond donors (Lipinski definition) is 2. The third-order valence-electron chi connectivity index (χ3n) is 4.91. The monoisotopic (exact) mass is 365 g/mol. The Morgan fingerprint density at radius 3 is 2.93 bits per heavy atom. The average Bonchev–Trinajstić information content (AvgIpc) is 3.07. The lowest BCUT2D eigenvalue weighted by Gasteiger charge is -2.33. The van der Waals surface area contributed by atoms with Gasteiger partial charge in [-0.05, 0) is 50.2 Å². The molecule has 0 bridgehead atoms. The van der Waals surface area contributed by atoms with Crippen molar-refractivity contribution >= 4 is 28.3 Å². The summed E-state index contributed by atoms with van der Waals surface area (Å²) >= 11 is 0. The molecule has 8 heteroatoms. The van der Waals surface area contributed by atoms with Gasteiger partial charge >= 0.3 is 0 Å². The number of anilines is 1. The molecule has 0 aliphatic carbocycles. The van der Waals surface area contributed by atoms with Crippen LogP contribution in [0.15, 0.2) is 39.9 Å². The SMILES string of the molecule is Cc1nc2cc(N=C(N)c3nnccc3N(C)C3CCNCC3)ccc2o1. The van der Waals surface area contributed by atoms with E-state index in [1.165, 1.54) is 0 Å². The van der Waals surface area contributed by atoms with E-state index < -0.39 is 0 Å². The lowest BCUT2D eigenvalue weighted by atomic mass is 10.0. The lowest BCUT2D eigenvalue weighted by molar-refractivity contribution is 0.443. The van der Waals surface area contributed by atoms with Crippen LogP contribution < -0.4 is 16.0 Å². The normalized spacial score (nSPS) is 16.0. The smallest absolute Gasteiger partial charge is 0.192 e. The first kappa shape index (κ1) is 17.4. The van der Waals surface area contributed by atoms with Gasteiger partial charge in [0.05, 0.1) is 17.6 Å². The highest BCUT2D eigenvalue weighted by Gasteiger charge is 2.22. The maximum Gasteiger partial charge on any atom is 0.192 e. The highest BCUT2D eigenvalue weighted by atomic mass is 16.3. The van der Waals surface area contributed by atoms with Gasteiger partial charge < -0.3 is 20.4 Å². The maximum absolute atomic E-state index is 6.31. The molecule has 0 saturated carbocycles. The minimum atomic E-state index is 0.332. The zero-order valence-corrected chi connectivity index (χ0v) is 15.5. The molecule has 0 amide bonds. The number of aliphatic imine (C=N–C) groups is 1. The molecular weight excluding hydrogens is 342 g/mol. The summed E-state index contributed by atoms with van der Waals surface area (Å²) in [6.07, 6.45) is 3.85. The second kappa shape index (κ2) is 7.32. The second-order valence-electron chi connectivity index (χ2n) is 6.74. The second-order valence-corrected chi connectivity index (χ2v) is 6.74. The number of aromatic nitrogens is 3. The third kappa shape index (κ3) is 3.61. The van der Waals surface area contributed by atoms with Crippen LogP contribution in [0, 0.1) is 6.92 Å². The number of amidine groups is 1. The highest BCUT2D eigenvalue weighted by molar-refractivity contribution is 6.02. The molecule has 0 spiro atoms. The topological polar surface area (TPSA) is 105 Å². The Hall–Kier alpha value is -3.00. The number of hydrogen-bond acceptors (Lipinski definition) is 7. The van der Waals surface area contributed by atoms with Crippen LogP contribution in [-0.2, 0) is 0 Å². The molecule has 1 fully saturated rings. The molecule has 1 aliphatic rings. The fraction of sp³-hybridized carbons (Fsp3) is 0.368. The number of nitrogens with zero attached hydrogens (tertiary/aromatic N) is 5. The predicted molar refractivity (Wildman–Crippen MR) is 105 cm³/mol. The number of fused-ring (bicyclic) bond motifs is 1. The van der Waals surface area contributed by atoms with Gasteiger partial charge in [-0.1, -0.05) is 0 Å². The number of rotatable bonds is 4. The van der Waals surface area contributed by atoms with Crippen molar-refractivity contribution in [1.82, 2.24) is 20.5 Å². The summed E-state index contributed by atoms with van der Waals surface area (Å²) in [6, 6.07) is 7.94. The van der Waals surface area contributed by atoms with Crippen LogP contribution in [0.2, 0.25) is 0 Å². The highest BCUT2D eigenvalue weighted by Crippen LogP contribution is 2.25. The summed E-state index contributed by atoms with van der Waals surface area (Å²) in [5, 5.41) is 11.7. The number of piperidine rings is 1. The largest absolute Gasteiger partial charge is 0.441 e. The van der Waals surface area contributed by atoms with E-state index in [0.717, 1.165) is 42.7 Å². The lowest BCUT2D eigenvalue weighted by Crippen LogP contribution is -2.42. The minimum absolute atomic E-state index is 0.332. The molecule has 8 nitrogen and oxygen atoms in total. The van der Waals surface area contributed by atoms with Crippen molar-refractivity contribution in [2.24, 2.45) is 10.7 Å². The molecule has 3 heterocycles. The zero-order valence-electron chi connectivity index (χ0n) is 15.5. The Bertz CT molecular complexity index is 975. The average molecular weight is 365 g/mol. The van der Waals surface area contributed by atoms with Crippen molar-refractivity contribution in [3.63, 3.8) is 0 Å². The van der Waals surface area contributed by atoms with Crippen LogP contribution in [0.1, 0.15) is 24.4 Å². The molecule has 1 aromatic carbocycles. The molecule has 0 unspecified atom stereocenters. The fourth-order valence-electron chi connectivity index (χ4n) is 3.48. The zero-order chi connectivity index (χ0) is 18.8. The van der Waals surface area contributed by atoms with E-state index in [0.29, 0.717) is 29.1 Å². The van der Waals surface area contributed by atoms with E-state index in [9.17, 15) is 0 Å². The molecule has 27 heavy (non-hydrogen) atoms. The van der Waals surface area contributed by atoms with E-state index in [-0.39, 0.29) is 0 Å². The van der Waals surface area contributed by atoms with Gasteiger partial charge in [-0.25, -0.2) is 9.98 Å². The van der Waals surface area contributed by atoms with Crippen LogP contribution in [0.3, 0.4) is 0 Å². The number of benzene rings is 1. The predicted octanol–water partition coefficient (Wildman–Crippen LogP) is 2.15. The quantitative estimate of drug-likeness (QED) is 0.539. The van der Waals surface area contributed by atoms with Gasteiger partial charge in [0.15, 0.2) is 23.0 Å². The number of nitrogens with one attached hydrogen (secondary N) is 1. The summed E-state index contributed by atoms with van der Waals surface area (Å²) in [6.45, 7) is 3.85. The van der Waals surface area contributed by atoms with Gasteiger partial charge in [0.2, 0.25) is 0 Å². The Morgan fingerprint density at radius 1 is 1.30 bits per heavy atom. The molecule has 1 saturated heterocycles. The summed E-state index contributed by atoms with van der Waals surface area (Å²) in [5.41, 5.74) is 10.0. The Balaban J connectivity index is 1.66. The molecule has 4 rings (SSSR count). The van der Waals surface area contributed by atoms with Crippen LogP contribution in [0.4, 0.5) is 11.4 Å². The van der Waals surface area contributed by atoms with Gasteiger partial charge in [-0.15, -0.1) is 5.10 Å². The summed E-state index contributed by atoms with van der Waals surface area (Å²) in [4.78, 5) is 11.1. The molecule has 140 valence electrons.